The van der Waals surface area contributed by atoms with Gasteiger partial charge in [0.25, 0.3) is 0 Å². The van der Waals surface area contributed by atoms with Crippen LogP contribution < -0.4 is 0 Å². The van der Waals surface area contributed by atoms with Gasteiger partial charge in [-0.05, 0) is 39.5 Å². The summed E-state index contributed by atoms with van der Waals surface area (Å²) in [6.07, 6.45) is 1.55. The molecule has 1 aliphatic carbocycles. The summed E-state index contributed by atoms with van der Waals surface area (Å²) < 4.78 is 5.41. The maximum absolute atomic E-state index is 12.1. The van der Waals surface area contributed by atoms with Crippen LogP contribution in [-0.4, -0.2) is 40.9 Å². The fourth-order valence-electron chi connectivity index (χ4n) is 3.27. The van der Waals surface area contributed by atoms with E-state index in [1.807, 2.05) is 20.8 Å². The number of rotatable bonds is 0. The lowest BCUT2D eigenvalue weighted by molar-refractivity contribution is -0.0677. The van der Waals surface area contributed by atoms with Gasteiger partial charge in [-0.15, -0.1) is 0 Å². The molecule has 2 bridgehead atoms. The number of ether oxygens (including phenoxy) is 1. The van der Waals surface area contributed by atoms with Crippen LogP contribution in [-0.2, 0) is 4.74 Å². The second-order valence-corrected chi connectivity index (χ2v) is 6.97. The number of likely N-dealkylation sites (tertiary alicyclic amines) is 1. The van der Waals surface area contributed by atoms with Crippen LogP contribution in [0.25, 0.3) is 0 Å². The second kappa shape index (κ2) is 4.72. The molecule has 2 atom stereocenters. The van der Waals surface area contributed by atoms with E-state index in [0.717, 1.165) is 12.8 Å². The van der Waals surface area contributed by atoms with E-state index in [1.54, 1.807) is 4.90 Å². The van der Waals surface area contributed by atoms with Gasteiger partial charge in [0.15, 0.2) is 0 Å². The molecule has 0 radical (unpaired) electrons. The summed E-state index contributed by atoms with van der Waals surface area (Å²) in [5.74, 6) is 1.10. The summed E-state index contributed by atoms with van der Waals surface area (Å²) in [6, 6.07) is 0. The minimum absolute atomic E-state index is 0.222. The van der Waals surface area contributed by atoms with Crippen molar-refractivity contribution < 1.29 is 14.6 Å². The third-order valence-electron chi connectivity index (χ3n) is 3.94. The Morgan fingerprint density at radius 1 is 1.22 bits per heavy atom. The molecule has 2 unspecified atom stereocenters. The normalized spacial score (nSPS) is 36.4. The highest BCUT2D eigenvalue weighted by atomic mass is 16.6. The second-order valence-electron chi connectivity index (χ2n) is 6.97. The van der Waals surface area contributed by atoms with Crippen LogP contribution >= 0.6 is 0 Å². The topological polar surface area (TPSA) is 49.8 Å². The van der Waals surface area contributed by atoms with Crippen LogP contribution in [0.2, 0.25) is 0 Å². The number of amides is 1. The van der Waals surface area contributed by atoms with Crippen LogP contribution in [0.4, 0.5) is 4.79 Å². The zero-order valence-corrected chi connectivity index (χ0v) is 11.8. The third kappa shape index (κ3) is 2.97. The number of nitrogens with zero attached hydrogens (tertiary/aromatic N) is 1. The summed E-state index contributed by atoms with van der Waals surface area (Å²) in [5.41, 5.74) is -0.449. The predicted octanol–water partition coefficient (Wildman–Crippen LogP) is 2.26. The fourth-order valence-corrected chi connectivity index (χ4v) is 3.27. The fraction of sp³-hybridized carbons (Fsp3) is 0.929. The van der Waals surface area contributed by atoms with Crippen molar-refractivity contribution >= 4 is 6.09 Å². The van der Waals surface area contributed by atoms with Crippen molar-refractivity contribution in [3.8, 4) is 0 Å². The average molecular weight is 255 g/mol. The van der Waals surface area contributed by atoms with Crippen molar-refractivity contribution in [1.29, 1.82) is 0 Å². The quantitative estimate of drug-likeness (QED) is 0.722. The van der Waals surface area contributed by atoms with E-state index in [9.17, 15) is 9.90 Å². The largest absolute Gasteiger partial charge is 0.444 e. The minimum Gasteiger partial charge on any atom is -0.444 e. The zero-order chi connectivity index (χ0) is 13.5. The van der Waals surface area contributed by atoms with Crippen LogP contribution in [0.15, 0.2) is 0 Å². The molecule has 0 spiro atoms. The van der Waals surface area contributed by atoms with E-state index in [0.29, 0.717) is 19.0 Å². The molecular weight excluding hydrogens is 230 g/mol. The zero-order valence-electron chi connectivity index (χ0n) is 11.8. The molecule has 2 fully saturated rings. The van der Waals surface area contributed by atoms with E-state index < -0.39 is 5.60 Å². The summed E-state index contributed by atoms with van der Waals surface area (Å²) in [7, 11) is 0. The first-order valence-corrected chi connectivity index (χ1v) is 6.92. The molecule has 0 aromatic rings. The molecule has 0 aromatic carbocycles. The van der Waals surface area contributed by atoms with Gasteiger partial charge in [-0.3, -0.25) is 0 Å². The molecule has 104 valence electrons. The molecule has 1 saturated carbocycles. The number of carbonyl (C=O) groups is 1. The van der Waals surface area contributed by atoms with Gasteiger partial charge in [0.1, 0.15) is 5.60 Å². The van der Waals surface area contributed by atoms with Gasteiger partial charge in [-0.1, -0.05) is 6.92 Å². The summed E-state index contributed by atoms with van der Waals surface area (Å²) in [4.78, 5) is 13.8. The first kappa shape index (κ1) is 13.7. The van der Waals surface area contributed by atoms with Crippen LogP contribution in [0, 0.1) is 17.8 Å². The molecule has 1 heterocycles. The number of fused-ring (bicyclic) bond motifs is 2. The van der Waals surface area contributed by atoms with Crippen molar-refractivity contribution in [3.63, 3.8) is 0 Å². The molecule has 1 aliphatic heterocycles. The lowest BCUT2D eigenvalue weighted by Crippen LogP contribution is -2.55. The van der Waals surface area contributed by atoms with Crippen molar-refractivity contribution in [2.75, 3.05) is 13.1 Å². The first-order valence-electron chi connectivity index (χ1n) is 6.92. The Kier molecular flexibility index (Phi) is 3.58. The Bertz CT molecular complexity index is 307. The third-order valence-corrected chi connectivity index (χ3v) is 3.94. The maximum atomic E-state index is 12.1. The minimum atomic E-state index is -0.449. The molecular formula is C14H25NO3. The van der Waals surface area contributed by atoms with Gasteiger partial charge in [-0.2, -0.15) is 0 Å². The summed E-state index contributed by atoms with van der Waals surface area (Å²) in [6.45, 7) is 9.15. The molecule has 18 heavy (non-hydrogen) atoms. The van der Waals surface area contributed by atoms with E-state index >= 15 is 0 Å². The van der Waals surface area contributed by atoms with Crippen LogP contribution in [0.5, 0.6) is 0 Å². The number of hydrogen-bond donors (Lipinski definition) is 1. The number of aliphatic hydroxyl groups excluding tert-OH is 1. The molecule has 4 nitrogen and oxygen atoms in total. The highest BCUT2D eigenvalue weighted by molar-refractivity contribution is 5.68. The Balaban J connectivity index is 2.00. The highest BCUT2D eigenvalue weighted by Crippen LogP contribution is 2.38. The highest BCUT2D eigenvalue weighted by Gasteiger charge is 2.42. The first-order chi connectivity index (χ1) is 8.26. The summed E-state index contributed by atoms with van der Waals surface area (Å²) in [5, 5.41) is 10.2. The number of hydrogen-bond acceptors (Lipinski definition) is 3. The number of aliphatic hydroxyl groups is 1. The van der Waals surface area contributed by atoms with Gasteiger partial charge < -0.3 is 14.7 Å². The SMILES string of the molecule is CC1CC2CN(C(=O)OC(C)(C)C)CC(C1)C2O. The maximum Gasteiger partial charge on any atom is 0.410 e. The molecule has 0 aromatic heterocycles. The lowest BCUT2D eigenvalue weighted by atomic mass is 9.71. The van der Waals surface area contributed by atoms with Crippen LogP contribution in [0.1, 0.15) is 40.5 Å². The van der Waals surface area contributed by atoms with E-state index in [2.05, 4.69) is 6.92 Å². The molecule has 4 heteroatoms. The predicted molar refractivity (Wildman–Crippen MR) is 69.2 cm³/mol. The van der Waals surface area contributed by atoms with Crippen molar-refractivity contribution in [1.82, 2.24) is 4.90 Å². The van der Waals surface area contributed by atoms with Gasteiger partial charge in [0.05, 0.1) is 6.10 Å². The standard InChI is InChI=1S/C14H25NO3/c1-9-5-10-7-15(8-11(6-9)12(10)16)13(17)18-14(2,3)4/h9-12,16H,5-8H2,1-4H3. The average Bonchev–Trinajstić information content (AvgIpc) is 2.17. The number of carbonyl (C=O) groups excluding carboxylic acids is 1. The van der Waals surface area contributed by atoms with E-state index in [-0.39, 0.29) is 24.0 Å². The van der Waals surface area contributed by atoms with Gasteiger partial charge >= 0.3 is 6.09 Å². The van der Waals surface area contributed by atoms with Gasteiger partial charge in [-0.25, -0.2) is 4.79 Å². The van der Waals surface area contributed by atoms with Gasteiger partial charge in [0, 0.05) is 24.9 Å². The Hall–Kier alpha value is -0.770. The number of piperidine rings is 1. The molecule has 2 aliphatic rings. The lowest BCUT2D eigenvalue weighted by Gasteiger charge is -2.46. The van der Waals surface area contributed by atoms with Crippen molar-refractivity contribution in [2.24, 2.45) is 17.8 Å². The molecule has 2 rings (SSSR count). The smallest absolute Gasteiger partial charge is 0.410 e. The van der Waals surface area contributed by atoms with E-state index in [4.69, 9.17) is 4.74 Å². The molecule has 1 N–H and O–H groups in total. The Labute approximate surface area is 109 Å². The molecule has 1 amide bonds. The monoisotopic (exact) mass is 255 g/mol. The van der Waals surface area contributed by atoms with Crippen molar-refractivity contribution in [3.05, 3.63) is 0 Å². The van der Waals surface area contributed by atoms with E-state index in [1.165, 1.54) is 0 Å². The summed E-state index contributed by atoms with van der Waals surface area (Å²) >= 11 is 0. The van der Waals surface area contributed by atoms with Crippen molar-refractivity contribution in [2.45, 2.75) is 52.2 Å². The Morgan fingerprint density at radius 2 is 1.72 bits per heavy atom. The molecule has 1 saturated heterocycles. The van der Waals surface area contributed by atoms with Gasteiger partial charge in [0.2, 0.25) is 0 Å². The Morgan fingerprint density at radius 3 is 2.17 bits per heavy atom. The van der Waals surface area contributed by atoms with Crippen LogP contribution in [0.3, 0.4) is 0 Å².